The molecule has 0 aromatic heterocycles. The van der Waals surface area contributed by atoms with Crippen LogP contribution >= 0.6 is 0 Å². The molecule has 2 N–H and O–H groups in total. The van der Waals surface area contributed by atoms with Crippen molar-refractivity contribution in [1.82, 2.24) is 0 Å². The molecule has 0 radical (unpaired) electrons. The fraction of sp³-hybridized carbons (Fsp3) is 0.538. The van der Waals surface area contributed by atoms with Crippen molar-refractivity contribution < 1.29 is 9.47 Å². The Kier molecular flexibility index (Phi) is 5.12. The lowest BCUT2D eigenvalue weighted by Gasteiger charge is -2.18. The molecule has 90 valence electrons. The molecule has 1 aromatic carbocycles. The van der Waals surface area contributed by atoms with E-state index in [-0.39, 0.29) is 6.10 Å². The van der Waals surface area contributed by atoms with Crippen LogP contribution in [0, 0.1) is 6.92 Å². The van der Waals surface area contributed by atoms with Gasteiger partial charge in [0.25, 0.3) is 0 Å². The van der Waals surface area contributed by atoms with E-state index < -0.39 is 0 Å². The Morgan fingerprint density at radius 3 is 2.62 bits per heavy atom. The summed E-state index contributed by atoms with van der Waals surface area (Å²) in [6.07, 6.45) is 1.99. The zero-order valence-electron chi connectivity index (χ0n) is 10.3. The Balaban J connectivity index is 2.78. The molecule has 0 heterocycles. The topological polar surface area (TPSA) is 44.5 Å². The van der Waals surface area contributed by atoms with E-state index in [4.69, 9.17) is 15.2 Å². The summed E-state index contributed by atoms with van der Waals surface area (Å²) in [5.41, 5.74) is 6.71. The zero-order chi connectivity index (χ0) is 12.0. The molecule has 0 fully saturated rings. The molecule has 0 aliphatic rings. The summed E-state index contributed by atoms with van der Waals surface area (Å²) >= 11 is 0. The van der Waals surface area contributed by atoms with Crippen LogP contribution in [0.25, 0.3) is 0 Å². The van der Waals surface area contributed by atoms with Crippen molar-refractivity contribution in [2.75, 3.05) is 13.7 Å². The molecule has 3 nitrogen and oxygen atoms in total. The molecule has 1 unspecified atom stereocenters. The van der Waals surface area contributed by atoms with Crippen molar-refractivity contribution in [3.05, 3.63) is 23.8 Å². The van der Waals surface area contributed by atoms with Crippen LogP contribution in [0.15, 0.2) is 18.2 Å². The average molecular weight is 223 g/mol. The standard InChI is InChI=1S/C13H21NO2/c1-4-11(7-8-14)16-12-6-5-10(2)9-13(12)15-3/h5-6,9,11H,4,7-8,14H2,1-3H3. The molecule has 0 saturated carbocycles. The van der Waals surface area contributed by atoms with Crippen LogP contribution in [0.5, 0.6) is 11.5 Å². The number of rotatable bonds is 6. The normalized spacial score (nSPS) is 12.2. The third-order valence-electron chi connectivity index (χ3n) is 2.56. The molecule has 1 atom stereocenters. The molecule has 0 aliphatic heterocycles. The molecular weight excluding hydrogens is 202 g/mol. The van der Waals surface area contributed by atoms with E-state index >= 15 is 0 Å². The Hall–Kier alpha value is -1.22. The van der Waals surface area contributed by atoms with Crippen LogP contribution < -0.4 is 15.2 Å². The predicted octanol–water partition coefficient (Wildman–Crippen LogP) is 2.51. The van der Waals surface area contributed by atoms with E-state index in [9.17, 15) is 0 Å². The van der Waals surface area contributed by atoms with Crippen LogP contribution in [0.4, 0.5) is 0 Å². The van der Waals surface area contributed by atoms with Gasteiger partial charge in [-0.1, -0.05) is 13.0 Å². The highest BCUT2D eigenvalue weighted by atomic mass is 16.5. The lowest BCUT2D eigenvalue weighted by Crippen LogP contribution is -2.20. The highest BCUT2D eigenvalue weighted by Gasteiger charge is 2.10. The van der Waals surface area contributed by atoms with Crippen molar-refractivity contribution in [1.29, 1.82) is 0 Å². The van der Waals surface area contributed by atoms with E-state index in [1.54, 1.807) is 7.11 Å². The first-order chi connectivity index (χ1) is 7.71. The Bertz CT molecular complexity index is 326. The average Bonchev–Trinajstić information content (AvgIpc) is 2.30. The second-order valence-electron chi connectivity index (χ2n) is 3.88. The van der Waals surface area contributed by atoms with Crippen LogP contribution in [0.3, 0.4) is 0 Å². The Labute approximate surface area is 97.6 Å². The van der Waals surface area contributed by atoms with E-state index in [1.807, 2.05) is 25.1 Å². The third kappa shape index (κ3) is 3.42. The van der Waals surface area contributed by atoms with Gasteiger partial charge in [0.1, 0.15) is 0 Å². The van der Waals surface area contributed by atoms with Gasteiger partial charge in [0.05, 0.1) is 13.2 Å². The minimum Gasteiger partial charge on any atom is -0.493 e. The predicted molar refractivity (Wildman–Crippen MR) is 66.1 cm³/mol. The first-order valence-corrected chi connectivity index (χ1v) is 5.72. The molecule has 0 amide bonds. The maximum Gasteiger partial charge on any atom is 0.161 e. The van der Waals surface area contributed by atoms with Gasteiger partial charge in [0.2, 0.25) is 0 Å². The summed E-state index contributed by atoms with van der Waals surface area (Å²) in [6.45, 7) is 4.77. The highest BCUT2D eigenvalue weighted by Crippen LogP contribution is 2.29. The van der Waals surface area contributed by atoms with Crippen LogP contribution in [-0.4, -0.2) is 19.8 Å². The van der Waals surface area contributed by atoms with Crippen molar-refractivity contribution in [3.8, 4) is 11.5 Å². The van der Waals surface area contributed by atoms with Crippen LogP contribution in [-0.2, 0) is 0 Å². The minimum absolute atomic E-state index is 0.168. The lowest BCUT2D eigenvalue weighted by atomic mass is 10.2. The minimum atomic E-state index is 0.168. The first-order valence-electron chi connectivity index (χ1n) is 5.72. The summed E-state index contributed by atoms with van der Waals surface area (Å²) in [7, 11) is 1.66. The van der Waals surface area contributed by atoms with Gasteiger partial charge in [-0.15, -0.1) is 0 Å². The Morgan fingerprint density at radius 1 is 1.31 bits per heavy atom. The lowest BCUT2D eigenvalue weighted by molar-refractivity contribution is 0.182. The van der Waals surface area contributed by atoms with E-state index in [2.05, 4.69) is 6.92 Å². The number of nitrogens with two attached hydrogens (primary N) is 1. The number of ether oxygens (including phenoxy) is 2. The van der Waals surface area contributed by atoms with Gasteiger partial charge in [-0.3, -0.25) is 0 Å². The van der Waals surface area contributed by atoms with Crippen molar-refractivity contribution in [2.24, 2.45) is 5.73 Å². The molecule has 0 aliphatic carbocycles. The molecule has 1 rings (SSSR count). The van der Waals surface area contributed by atoms with Crippen molar-refractivity contribution >= 4 is 0 Å². The number of benzene rings is 1. The Morgan fingerprint density at radius 2 is 2.06 bits per heavy atom. The fourth-order valence-corrected chi connectivity index (χ4v) is 1.58. The largest absolute Gasteiger partial charge is 0.493 e. The molecule has 0 saturated heterocycles. The van der Waals surface area contributed by atoms with E-state index in [0.29, 0.717) is 6.54 Å². The quantitative estimate of drug-likeness (QED) is 0.806. The van der Waals surface area contributed by atoms with Gasteiger partial charge in [-0.05, 0) is 44.0 Å². The summed E-state index contributed by atoms with van der Waals surface area (Å²) in [4.78, 5) is 0. The smallest absolute Gasteiger partial charge is 0.161 e. The molecule has 1 aromatic rings. The molecule has 0 spiro atoms. The summed E-state index contributed by atoms with van der Waals surface area (Å²) in [5, 5.41) is 0. The highest BCUT2D eigenvalue weighted by molar-refractivity contribution is 5.42. The summed E-state index contributed by atoms with van der Waals surface area (Å²) in [6, 6.07) is 5.95. The summed E-state index contributed by atoms with van der Waals surface area (Å²) < 4.78 is 11.2. The van der Waals surface area contributed by atoms with Gasteiger partial charge in [0.15, 0.2) is 11.5 Å². The summed E-state index contributed by atoms with van der Waals surface area (Å²) in [5.74, 6) is 1.59. The first kappa shape index (κ1) is 12.8. The van der Waals surface area contributed by atoms with Gasteiger partial charge < -0.3 is 15.2 Å². The van der Waals surface area contributed by atoms with Gasteiger partial charge in [-0.2, -0.15) is 0 Å². The number of methoxy groups -OCH3 is 1. The molecule has 0 bridgehead atoms. The second kappa shape index (κ2) is 6.38. The van der Waals surface area contributed by atoms with E-state index in [0.717, 1.165) is 29.9 Å². The zero-order valence-corrected chi connectivity index (χ0v) is 10.3. The van der Waals surface area contributed by atoms with Gasteiger partial charge in [0, 0.05) is 0 Å². The number of hydrogen-bond donors (Lipinski definition) is 1. The van der Waals surface area contributed by atoms with Crippen molar-refractivity contribution in [3.63, 3.8) is 0 Å². The third-order valence-corrected chi connectivity index (χ3v) is 2.56. The molecule has 3 heteroatoms. The number of hydrogen-bond acceptors (Lipinski definition) is 3. The van der Waals surface area contributed by atoms with Gasteiger partial charge in [-0.25, -0.2) is 0 Å². The van der Waals surface area contributed by atoms with Crippen LogP contribution in [0.1, 0.15) is 25.3 Å². The van der Waals surface area contributed by atoms with E-state index in [1.165, 1.54) is 0 Å². The van der Waals surface area contributed by atoms with Gasteiger partial charge >= 0.3 is 0 Å². The van der Waals surface area contributed by atoms with Crippen molar-refractivity contribution in [2.45, 2.75) is 32.8 Å². The second-order valence-corrected chi connectivity index (χ2v) is 3.88. The fourth-order valence-electron chi connectivity index (χ4n) is 1.58. The maximum atomic E-state index is 5.88. The monoisotopic (exact) mass is 223 g/mol. The maximum absolute atomic E-state index is 5.88. The SMILES string of the molecule is CCC(CCN)Oc1ccc(C)cc1OC. The van der Waals surface area contributed by atoms with Crippen LogP contribution in [0.2, 0.25) is 0 Å². The molecule has 16 heavy (non-hydrogen) atoms. The molecular formula is C13H21NO2. The number of aryl methyl sites for hydroxylation is 1.